The van der Waals surface area contributed by atoms with Crippen LogP contribution in [0.2, 0.25) is 18.1 Å². The highest BCUT2D eigenvalue weighted by molar-refractivity contribution is 7.58. The zero-order valence-corrected chi connectivity index (χ0v) is 43.2. The first-order valence-electron chi connectivity index (χ1n) is 23.2. The molecule has 7 rings (SSSR count). The van der Waals surface area contributed by atoms with E-state index in [4.69, 9.17) is 32.6 Å². The van der Waals surface area contributed by atoms with E-state index in [1.54, 1.807) is 38.5 Å². The van der Waals surface area contributed by atoms with Crippen LogP contribution in [0.1, 0.15) is 80.3 Å². The number of methoxy groups -OCH3 is 2. The van der Waals surface area contributed by atoms with Crippen molar-refractivity contribution in [3.63, 3.8) is 0 Å². The first-order valence-corrected chi connectivity index (χ1v) is 27.8. The number of nitrogens with one attached hydrogen (secondary N) is 3. The summed E-state index contributed by atoms with van der Waals surface area (Å²) in [4.78, 5) is 71.8. The molecule has 3 aromatic carbocycles. The molecule has 71 heavy (non-hydrogen) atoms. The maximum absolute atomic E-state index is 15.9. The molecule has 0 aliphatic carbocycles. The molecule has 0 bridgehead atoms. The standard InChI is InChI=1S/C50H61N6O13PSi/c1-31-28-55(47(60)52-44(31)57)41-26-38(69-50(33-14-11-10-12-15-33,34-16-20-36(63-6)21-17-34)35-18-22-37(64-7)23-19-35)43(68-41)46(59)54-70(62,65-25-13-24-51)40-27-42(56-29-32(2)45(58)53-48(56)61)67-39(40)30-66-71(8,9)49(3,4)5/h10-12,14-23,28-29,38-43H,13,25-27,30H2,1-9H3,(H,52,57,60)(H,53,58,61)(H,54,59,62)/t38-,39+,40-,41+,42+,43-,70?/m0/s1. The molecule has 3 N–H and O–H groups in total. The van der Waals surface area contributed by atoms with Crippen LogP contribution in [0, 0.1) is 25.2 Å². The first kappa shape index (κ1) is 52.6. The Labute approximate surface area is 411 Å². The van der Waals surface area contributed by atoms with Crippen molar-refractivity contribution in [2.75, 3.05) is 27.4 Å². The molecule has 0 radical (unpaired) electrons. The van der Waals surface area contributed by atoms with E-state index in [9.17, 15) is 24.4 Å². The van der Waals surface area contributed by atoms with Crippen molar-refractivity contribution in [2.45, 2.75) is 114 Å². The van der Waals surface area contributed by atoms with Crippen LogP contribution < -0.4 is 37.1 Å². The Bertz CT molecular complexity index is 2990. The number of carbonyl (C=O) groups is 1. The number of benzene rings is 3. The normalized spacial score (nSPS) is 21.3. The monoisotopic (exact) mass is 1010 g/mol. The van der Waals surface area contributed by atoms with Crippen LogP contribution in [-0.2, 0) is 38.1 Å². The van der Waals surface area contributed by atoms with Gasteiger partial charge in [0.05, 0.1) is 57.8 Å². The number of nitrogens with zero attached hydrogens (tertiary/aromatic N) is 3. The Hall–Kier alpha value is -6.17. The van der Waals surface area contributed by atoms with Gasteiger partial charge in [0.25, 0.3) is 17.0 Å². The lowest BCUT2D eigenvalue weighted by molar-refractivity contribution is -0.143. The summed E-state index contributed by atoms with van der Waals surface area (Å²) >= 11 is 0. The number of amides is 1. The average Bonchev–Trinajstić information content (AvgIpc) is 3.98. The van der Waals surface area contributed by atoms with E-state index < -0.39 is 86.3 Å². The fourth-order valence-electron chi connectivity index (χ4n) is 8.57. The predicted octanol–water partition coefficient (Wildman–Crippen LogP) is 6.30. The Kier molecular flexibility index (Phi) is 15.8. The summed E-state index contributed by atoms with van der Waals surface area (Å²) in [6.45, 7) is 12.8. The van der Waals surface area contributed by atoms with Crippen molar-refractivity contribution in [2.24, 2.45) is 0 Å². The van der Waals surface area contributed by atoms with Crippen LogP contribution in [0.3, 0.4) is 0 Å². The number of ether oxygens (including phenoxy) is 5. The summed E-state index contributed by atoms with van der Waals surface area (Å²) in [5.74, 6) is 0.181. The molecule has 2 aromatic heterocycles. The molecule has 0 spiro atoms. The minimum Gasteiger partial charge on any atom is -0.497 e. The Morgan fingerprint density at radius 3 is 1.80 bits per heavy atom. The van der Waals surface area contributed by atoms with E-state index >= 15 is 9.36 Å². The number of aromatic amines is 2. The number of H-pyrrole nitrogens is 2. The van der Waals surface area contributed by atoms with E-state index in [0.717, 1.165) is 0 Å². The largest absolute Gasteiger partial charge is 0.497 e. The van der Waals surface area contributed by atoms with Crippen molar-refractivity contribution in [3.05, 3.63) is 161 Å². The number of hydrogen-bond acceptors (Lipinski definition) is 14. The minimum atomic E-state index is -4.57. The molecular weight excluding hydrogens is 952 g/mol. The molecule has 0 saturated carbocycles. The number of aryl methyl sites for hydroxylation is 2. The van der Waals surface area contributed by atoms with Gasteiger partial charge in [0, 0.05) is 36.4 Å². The molecule has 7 atom stereocenters. The van der Waals surface area contributed by atoms with E-state index in [1.807, 2.05) is 73.8 Å². The molecule has 1 amide bonds. The Morgan fingerprint density at radius 1 is 0.803 bits per heavy atom. The van der Waals surface area contributed by atoms with Gasteiger partial charge in [0.1, 0.15) is 29.6 Å². The lowest BCUT2D eigenvalue weighted by Crippen LogP contribution is -2.47. The number of hydrogen-bond donors (Lipinski definition) is 3. The highest BCUT2D eigenvalue weighted by Crippen LogP contribution is 2.57. The molecule has 2 aliphatic heterocycles. The number of carbonyl (C=O) groups excluding carboxylic acids is 1. The molecule has 2 aliphatic rings. The summed E-state index contributed by atoms with van der Waals surface area (Å²) in [7, 11) is -3.98. The lowest BCUT2D eigenvalue weighted by Gasteiger charge is -2.39. The topological polar surface area (TPSA) is 244 Å². The summed E-state index contributed by atoms with van der Waals surface area (Å²) < 4.78 is 62.6. The van der Waals surface area contributed by atoms with Crippen molar-refractivity contribution in [1.29, 1.82) is 5.26 Å². The maximum atomic E-state index is 15.9. The predicted molar refractivity (Wildman–Crippen MR) is 265 cm³/mol. The third-order valence-corrected chi connectivity index (χ3v) is 20.6. The molecule has 2 fully saturated rings. The highest BCUT2D eigenvalue weighted by atomic mass is 31.2. The fraction of sp³-hybridized carbons (Fsp3) is 0.440. The van der Waals surface area contributed by atoms with E-state index in [2.05, 4.69) is 35.8 Å². The number of nitriles is 1. The van der Waals surface area contributed by atoms with Gasteiger partial charge in [-0.05, 0) is 72.9 Å². The van der Waals surface area contributed by atoms with Crippen LogP contribution in [0.15, 0.2) is 110 Å². The summed E-state index contributed by atoms with van der Waals surface area (Å²) in [5, 5.41) is 12.1. The smallest absolute Gasteiger partial charge is 0.330 e. The van der Waals surface area contributed by atoms with Gasteiger partial charge in [-0.1, -0.05) is 75.4 Å². The molecular formula is C50H61N6O13PSi. The molecule has 21 heteroatoms. The second-order valence-corrected chi connectivity index (χ2v) is 26.3. The molecule has 2 saturated heterocycles. The maximum Gasteiger partial charge on any atom is 0.330 e. The van der Waals surface area contributed by atoms with Crippen molar-refractivity contribution < 1.29 is 42.0 Å². The van der Waals surface area contributed by atoms with E-state index in [1.165, 1.54) is 35.4 Å². The summed E-state index contributed by atoms with van der Waals surface area (Å²) in [6.07, 6.45) is -4.06. The SMILES string of the molecule is COc1ccc(C(O[C@H]2C[C@H](n3cc(C)c(=O)[nH]c3=O)O[C@@H]2C(=O)NP(=O)(OCCC#N)[C@H]2C[C@H](n3cc(C)c(=O)[nH]c3=O)O[C@@H]2CO[Si](C)(C)C(C)(C)C)(c2ccccc2)c2ccc(OC)cc2)cc1. The van der Waals surface area contributed by atoms with Gasteiger partial charge in [0.2, 0.25) is 0 Å². The van der Waals surface area contributed by atoms with Crippen LogP contribution in [0.25, 0.3) is 0 Å². The first-order chi connectivity index (χ1) is 33.6. The second kappa shape index (κ2) is 21.3. The van der Waals surface area contributed by atoms with Crippen LogP contribution >= 0.6 is 7.52 Å². The fourth-order valence-corrected chi connectivity index (χ4v) is 11.9. The van der Waals surface area contributed by atoms with Gasteiger partial charge in [-0.3, -0.25) is 43.1 Å². The van der Waals surface area contributed by atoms with Crippen molar-refractivity contribution in [3.8, 4) is 17.6 Å². The molecule has 5 aromatic rings. The average molecular weight is 1010 g/mol. The van der Waals surface area contributed by atoms with Gasteiger partial charge < -0.3 is 32.6 Å². The Balaban J connectivity index is 1.36. The molecule has 378 valence electrons. The van der Waals surface area contributed by atoms with Gasteiger partial charge in [-0.15, -0.1) is 0 Å². The van der Waals surface area contributed by atoms with Crippen molar-refractivity contribution >= 4 is 21.7 Å². The van der Waals surface area contributed by atoms with Gasteiger partial charge >= 0.3 is 18.9 Å². The summed E-state index contributed by atoms with van der Waals surface area (Å²) in [5.41, 5.74) is -3.16. The van der Waals surface area contributed by atoms with Crippen LogP contribution in [0.5, 0.6) is 11.5 Å². The number of aromatic nitrogens is 4. The van der Waals surface area contributed by atoms with Gasteiger partial charge in [-0.25, -0.2) is 9.59 Å². The quantitative estimate of drug-likeness (QED) is 0.0378. The van der Waals surface area contributed by atoms with Gasteiger partial charge in [-0.2, -0.15) is 5.26 Å². The third-order valence-electron chi connectivity index (χ3n) is 13.6. The summed E-state index contributed by atoms with van der Waals surface area (Å²) in [6, 6.07) is 25.8. The van der Waals surface area contributed by atoms with E-state index in [-0.39, 0.29) is 48.6 Å². The zero-order chi connectivity index (χ0) is 51.5. The zero-order valence-electron chi connectivity index (χ0n) is 41.3. The van der Waals surface area contributed by atoms with E-state index in [0.29, 0.717) is 28.2 Å². The Morgan fingerprint density at radius 2 is 1.31 bits per heavy atom. The second-order valence-electron chi connectivity index (χ2n) is 19.2. The molecule has 19 nitrogen and oxygen atoms in total. The lowest BCUT2D eigenvalue weighted by atomic mass is 9.79. The molecule has 1 unspecified atom stereocenters. The number of rotatable bonds is 18. The molecule has 4 heterocycles. The minimum absolute atomic E-state index is 0.109. The van der Waals surface area contributed by atoms with Crippen LogP contribution in [-0.4, -0.2) is 84.7 Å². The van der Waals surface area contributed by atoms with Gasteiger partial charge in [0.15, 0.2) is 14.4 Å². The third kappa shape index (κ3) is 11.0. The van der Waals surface area contributed by atoms with Crippen LogP contribution in [0.4, 0.5) is 0 Å². The highest BCUT2D eigenvalue weighted by Gasteiger charge is 2.54. The van der Waals surface area contributed by atoms with Crippen molar-refractivity contribution in [1.82, 2.24) is 24.2 Å².